The van der Waals surface area contributed by atoms with E-state index >= 15 is 0 Å². The zero-order valence-corrected chi connectivity index (χ0v) is 8.33. The van der Waals surface area contributed by atoms with Crippen LogP contribution in [-0.2, 0) is 0 Å². The minimum atomic E-state index is -0.294. The van der Waals surface area contributed by atoms with Crippen molar-refractivity contribution in [3.8, 4) is 0 Å². The standard InChI is InChI=1S/C9H11FN2S/c1-6-4-3-5-7(10)8(6)12-9(13)11-2/h3-5H,1-2H3,(H2,11,12,13). The summed E-state index contributed by atoms with van der Waals surface area (Å²) in [4.78, 5) is 0. The predicted octanol–water partition coefficient (Wildman–Crippen LogP) is 2.05. The van der Waals surface area contributed by atoms with Crippen molar-refractivity contribution in [2.24, 2.45) is 0 Å². The third-order valence-electron chi connectivity index (χ3n) is 1.69. The van der Waals surface area contributed by atoms with Gasteiger partial charge in [0.1, 0.15) is 5.82 Å². The lowest BCUT2D eigenvalue weighted by Gasteiger charge is -2.10. The molecule has 0 aromatic heterocycles. The molecule has 0 heterocycles. The highest BCUT2D eigenvalue weighted by Crippen LogP contribution is 2.18. The topological polar surface area (TPSA) is 24.1 Å². The van der Waals surface area contributed by atoms with Crippen LogP contribution in [0.5, 0.6) is 0 Å². The molecule has 0 saturated carbocycles. The monoisotopic (exact) mass is 198 g/mol. The van der Waals surface area contributed by atoms with E-state index in [1.807, 2.05) is 13.0 Å². The molecule has 1 aromatic carbocycles. The number of hydrogen-bond acceptors (Lipinski definition) is 1. The van der Waals surface area contributed by atoms with E-state index in [2.05, 4.69) is 10.6 Å². The Bertz CT molecular complexity index is 305. The lowest BCUT2D eigenvalue weighted by Crippen LogP contribution is -2.25. The van der Waals surface area contributed by atoms with Gasteiger partial charge in [-0.05, 0) is 30.8 Å². The van der Waals surface area contributed by atoms with Crippen molar-refractivity contribution in [2.45, 2.75) is 6.92 Å². The second-order valence-corrected chi connectivity index (χ2v) is 3.04. The van der Waals surface area contributed by atoms with Crippen LogP contribution in [0.1, 0.15) is 5.56 Å². The molecule has 70 valence electrons. The van der Waals surface area contributed by atoms with Gasteiger partial charge >= 0.3 is 0 Å². The number of nitrogens with one attached hydrogen (secondary N) is 2. The Morgan fingerprint density at radius 3 is 2.69 bits per heavy atom. The Balaban J connectivity index is 2.93. The van der Waals surface area contributed by atoms with E-state index < -0.39 is 0 Å². The Morgan fingerprint density at radius 1 is 1.46 bits per heavy atom. The molecule has 0 atom stereocenters. The van der Waals surface area contributed by atoms with Crippen LogP contribution in [0.4, 0.5) is 10.1 Å². The summed E-state index contributed by atoms with van der Waals surface area (Å²) in [5.74, 6) is -0.294. The molecule has 0 spiro atoms. The van der Waals surface area contributed by atoms with E-state index in [1.54, 1.807) is 13.1 Å². The third-order valence-corrected chi connectivity index (χ3v) is 1.99. The van der Waals surface area contributed by atoms with Crippen LogP contribution < -0.4 is 10.6 Å². The van der Waals surface area contributed by atoms with Gasteiger partial charge in [-0.3, -0.25) is 0 Å². The molecule has 0 saturated heterocycles. The molecule has 0 radical (unpaired) electrons. The highest BCUT2D eigenvalue weighted by Gasteiger charge is 2.04. The predicted molar refractivity (Wildman–Crippen MR) is 56.4 cm³/mol. The van der Waals surface area contributed by atoms with E-state index in [9.17, 15) is 4.39 Å². The van der Waals surface area contributed by atoms with Crippen LogP contribution in [0.25, 0.3) is 0 Å². The SMILES string of the molecule is CNC(=S)Nc1c(C)cccc1F. The highest BCUT2D eigenvalue weighted by atomic mass is 32.1. The fraction of sp³-hybridized carbons (Fsp3) is 0.222. The number of benzene rings is 1. The van der Waals surface area contributed by atoms with Crippen molar-refractivity contribution in [1.82, 2.24) is 5.32 Å². The number of hydrogen-bond donors (Lipinski definition) is 2. The number of rotatable bonds is 1. The number of halogens is 1. The van der Waals surface area contributed by atoms with Crippen LogP contribution in [0, 0.1) is 12.7 Å². The van der Waals surface area contributed by atoms with Gasteiger partial charge in [0, 0.05) is 7.05 Å². The summed E-state index contributed by atoms with van der Waals surface area (Å²) in [6.45, 7) is 1.82. The molecule has 0 unspecified atom stereocenters. The number of aryl methyl sites for hydroxylation is 1. The average Bonchev–Trinajstić information content (AvgIpc) is 2.11. The maximum atomic E-state index is 13.2. The zero-order valence-electron chi connectivity index (χ0n) is 7.52. The average molecular weight is 198 g/mol. The van der Waals surface area contributed by atoms with Gasteiger partial charge in [0.05, 0.1) is 5.69 Å². The second-order valence-electron chi connectivity index (χ2n) is 2.64. The van der Waals surface area contributed by atoms with Gasteiger partial charge in [0.15, 0.2) is 5.11 Å². The molecule has 1 aromatic rings. The molecular weight excluding hydrogens is 187 g/mol. The molecule has 0 fully saturated rings. The summed E-state index contributed by atoms with van der Waals surface area (Å²) in [6.07, 6.45) is 0. The van der Waals surface area contributed by atoms with Crippen LogP contribution >= 0.6 is 12.2 Å². The molecule has 2 N–H and O–H groups in total. The largest absolute Gasteiger partial charge is 0.366 e. The van der Waals surface area contributed by atoms with E-state index in [0.29, 0.717) is 10.8 Å². The quantitative estimate of drug-likeness (QED) is 0.675. The van der Waals surface area contributed by atoms with Gasteiger partial charge in [0.25, 0.3) is 0 Å². The molecule has 0 aliphatic rings. The van der Waals surface area contributed by atoms with Gasteiger partial charge < -0.3 is 10.6 Å². The van der Waals surface area contributed by atoms with E-state index in [1.165, 1.54) is 6.07 Å². The second kappa shape index (κ2) is 4.18. The fourth-order valence-electron chi connectivity index (χ4n) is 0.966. The fourth-order valence-corrected chi connectivity index (χ4v) is 1.07. The van der Waals surface area contributed by atoms with E-state index in [4.69, 9.17) is 12.2 Å². The van der Waals surface area contributed by atoms with E-state index in [-0.39, 0.29) is 5.82 Å². The summed E-state index contributed by atoms with van der Waals surface area (Å²) < 4.78 is 13.2. The molecule has 0 bridgehead atoms. The molecule has 13 heavy (non-hydrogen) atoms. The smallest absolute Gasteiger partial charge is 0.170 e. The first-order chi connectivity index (χ1) is 6.15. The zero-order chi connectivity index (χ0) is 9.84. The van der Waals surface area contributed by atoms with Gasteiger partial charge in [-0.25, -0.2) is 4.39 Å². The summed E-state index contributed by atoms with van der Waals surface area (Å²) in [5.41, 5.74) is 1.26. The van der Waals surface area contributed by atoms with Crippen LogP contribution in [0.3, 0.4) is 0 Å². The first-order valence-electron chi connectivity index (χ1n) is 3.89. The van der Waals surface area contributed by atoms with Crippen molar-refractivity contribution in [1.29, 1.82) is 0 Å². The van der Waals surface area contributed by atoms with Crippen LogP contribution in [0.15, 0.2) is 18.2 Å². The highest BCUT2D eigenvalue weighted by molar-refractivity contribution is 7.80. The Morgan fingerprint density at radius 2 is 2.15 bits per heavy atom. The van der Waals surface area contributed by atoms with Gasteiger partial charge in [-0.1, -0.05) is 12.1 Å². The first-order valence-corrected chi connectivity index (χ1v) is 4.30. The Hall–Kier alpha value is -1.16. The maximum Gasteiger partial charge on any atom is 0.170 e. The summed E-state index contributed by atoms with van der Waals surface area (Å²) in [6, 6.07) is 4.88. The molecular formula is C9H11FN2S. The van der Waals surface area contributed by atoms with Gasteiger partial charge in [0.2, 0.25) is 0 Å². The van der Waals surface area contributed by atoms with Crippen molar-refractivity contribution < 1.29 is 4.39 Å². The van der Waals surface area contributed by atoms with Gasteiger partial charge in [-0.15, -0.1) is 0 Å². The van der Waals surface area contributed by atoms with Crippen molar-refractivity contribution in [2.75, 3.05) is 12.4 Å². The molecule has 0 aliphatic heterocycles. The van der Waals surface area contributed by atoms with Crippen LogP contribution in [0.2, 0.25) is 0 Å². The lowest BCUT2D eigenvalue weighted by atomic mass is 10.2. The normalized spacial score (nSPS) is 9.46. The molecule has 4 heteroatoms. The Kier molecular flexibility index (Phi) is 3.19. The number of anilines is 1. The molecule has 0 amide bonds. The number of para-hydroxylation sites is 1. The first kappa shape index (κ1) is 9.92. The van der Waals surface area contributed by atoms with Crippen molar-refractivity contribution in [3.63, 3.8) is 0 Å². The minimum Gasteiger partial charge on any atom is -0.366 e. The molecule has 0 aliphatic carbocycles. The van der Waals surface area contributed by atoms with E-state index in [0.717, 1.165) is 5.56 Å². The summed E-state index contributed by atoms with van der Waals surface area (Å²) in [7, 11) is 1.69. The Labute approximate surface area is 82.2 Å². The lowest BCUT2D eigenvalue weighted by molar-refractivity contribution is 0.631. The maximum absolute atomic E-state index is 13.2. The van der Waals surface area contributed by atoms with Gasteiger partial charge in [-0.2, -0.15) is 0 Å². The van der Waals surface area contributed by atoms with Crippen LogP contribution in [-0.4, -0.2) is 12.2 Å². The third kappa shape index (κ3) is 2.39. The summed E-state index contributed by atoms with van der Waals surface area (Å²) in [5, 5.41) is 5.91. The molecule has 1 rings (SSSR count). The van der Waals surface area contributed by atoms with Crippen molar-refractivity contribution >= 4 is 23.0 Å². The summed E-state index contributed by atoms with van der Waals surface area (Å²) >= 11 is 4.87. The molecule has 2 nitrogen and oxygen atoms in total. The minimum absolute atomic E-state index is 0.294. The van der Waals surface area contributed by atoms with Crippen molar-refractivity contribution in [3.05, 3.63) is 29.6 Å². The number of thiocarbonyl (C=S) groups is 1.